The molecule has 162 valence electrons. The maximum Gasteiger partial charge on any atom is 0.261 e. The van der Waals surface area contributed by atoms with E-state index in [1.807, 2.05) is 20.0 Å². The van der Waals surface area contributed by atoms with Crippen molar-refractivity contribution in [2.45, 2.75) is 26.4 Å². The normalized spacial score (nSPS) is 11.7. The van der Waals surface area contributed by atoms with E-state index in [1.54, 1.807) is 6.92 Å². The Hall–Kier alpha value is -3.29. The van der Waals surface area contributed by atoms with Crippen molar-refractivity contribution in [3.63, 3.8) is 0 Å². The summed E-state index contributed by atoms with van der Waals surface area (Å²) in [6.45, 7) is 4.80. The number of nitrogens with one attached hydrogen (secondary N) is 3. The Labute approximate surface area is 183 Å². The van der Waals surface area contributed by atoms with E-state index in [0.29, 0.717) is 33.1 Å². The highest BCUT2D eigenvalue weighted by atomic mass is 32.1. The van der Waals surface area contributed by atoms with Gasteiger partial charge in [-0.15, -0.1) is 11.3 Å². The number of carbonyl (C=O) groups is 1. The highest BCUT2D eigenvalue weighted by molar-refractivity contribution is 7.20. The van der Waals surface area contributed by atoms with Gasteiger partial charge in [0, 0.05) is 12.6 Å². The van der Waals surface area contributed by atoms with E-state index in [2.05, 4.69) is 25.9 Å². The summed E-state index contributed by atoms with van der Waals surface area (Å²) in [5, 5.41) is 18.8. The number of thiophene rings is 1. The van der Waals surface area contributed by atoms with E-state index in [9.17, 15) is 9.18 Å². The van der Waals surface area contributed by atoms with Gasteiger partial charge < -0.3 is 20.7 Å². The minimum Gasteiger partial charge on any atom is -0.474 e. The van der Waals surface area contributed by atoms with Crippen LogP contribution in [0, 0.1) is 24.1 Å². The molecule has 0 bridgehead atoms. The number of nitriles is 1. The number of benzene rings is 1. The van der Waals surface area contributed by atoms with Gasteiger partial charge >= 0.3 is 0 Å². The summed E-state index contributed by atoms with van der Waals surface area (Å²) in [6, 6.07) is 5.97. The molecule has 0 saturated heterocycles. The molecular weight excluding hydrogens is 419 g/mol. The van der Waals surface area contributed by atoms with Crippen LogP contribution in [0.5, 0.6) is 5.75 Å². The number of anilines is 2. The van der Waals surface area contributed by atoms with Gasteiger partial charge in [-0.25, -0.2) is 14.4 Å². The number of halogens is 1. The summed E-state index contributed by atoms with van der Waals surface area (Å²) in [6.07, 6.45) is 1.47. The van der Waals surface area contributed by atoms with Crippen molar-refractivity contribution < 1.29 is 13.9 Å². The number of ether oxygens (including phenoxy) is 1. The molecule has 0 aliphatic rings. The number of hydrogen-bond acceptors (Lipinski definition) is 8. The van der Waals surface area contributed by atoms with Gasteiger partial charge in [0.1, 0.15) is 34.6 Å². The second-order valence-corrected chi connectivity index (χ2v) is 7.83. The smallest absolute Gasteiger partial charge is 0.261 e. The molecule has 3 N–H and O–H groups in total. The zero-order chi connectivity index (χ0) is 22.4. The summed E-state index contributed by atoms with van der Waals surface area (Å²) in [5.41, 5.74) is 1.20. The number of hydrogen-bond donors (Lipinski definition) is 3. The van der Waals surface area contributed by atoms with Crippen LogP contribution >= 0.6 is 11.3 Å². The second kappa shape index (κ2) is 10.1. The number of carbonyl (C=O) groups excluding carboxylic acids is 1. The van der Waals surface area contributed by atoms with E-state index in [-0.39, 0.29) is 11.7 Å². The Morgan fingerprint density at radius 1 is 1.35 bits per heavy atom. The molecular formula is C21H23FN6O2S. The lowest BCUT2D eigenvalue weighted by Crippen LogP contribution is -2.26. The van der Waals surface area contributed by atoms with Crippen molar-refractivity contribution in [2.75, 3.05) is 25.5 Å². The number of aromatic nitrogens is 2. The van der Waals surface area contributed by atoms with Crippen LogP contribution in [0.1, 0.15) is 28.6 Å². The third kappa shape index (κ3) is 5.25. The predicted octanol–water partition coefficient (Wildman–Crippen LogP) is 3.51. The lowest BCUT2D eigenvalue weighted by Gasteiger charge is -2.14. The molecule has 0 aliphatic heterocycles. The molecule has 0 aliphatic carbocycles. The molecule has 8 nitrogen and oxygen atoms in total. The molecule has 2 aromatic heterocycles. The molecule has 0 fully saturated rings. The summed E-state index contributed by atoms with van der Waals surface area (Å²) < 4.78 is 19.3. The van der Waals surface area contributed by atoms with Crippen molar-refractivity contribution in [1.82, 2.24) is 20.6 Å². The molecule has 1 amide bonds. The lowest BCUT2D eigenvalue weighted by molar-refractivity contribution is 0.0957. The summed E-state index contributed by atoms with van der Waals surface area (Å²) in [4.78, 5) is 22.5. The van der Waals surface area contributed by atoms with Crippen molar-refractivity contribution in [2.24, 2.45) is 0 Å². The van der Waals surface area contributed by atoms with Crippen LogP contribution in [0.15, 0.2) is 24.5 Å². The van der Waals surface area contributed by atoms with E-state index in [4.69, 9.17) is 10.00 Å². The maximum absolute atomic E-state index is 13.7. The fourth-order valence-electron chi connectivity index (χ4n) is 2.97. The molecule has 0 radical (unpaired) electrons. The van der Waals surface area contributed by atoms with Crippen LogP contribution < -0.4 is 20.7 Å². The number of fused-ring (bicyclic) bond motifs is 1. The van der Waals surface area contributed by atoms with Crippen LogP contribution in [0.3, 0.4) is 0 Å². The first-order valence-electron chi connectivity index (χ1n) is 9.74. The second-order valence-electron chi connectivity index (χ2n) is 6.83. The molecule has 2 heterocycles. The average molecular weight is 443 g/mol. The first-order valence-corrected chi connectivity index (χ1v) is 10.6. The zero-order valence-electron chi connectivity index (χ0n) is 17.5. The van der Waals surface area contributed by atoms with Crippen LogP contribution in [0.2, 0.25) is 0 Å². The van der Waals surface area contributed by atoms with Gasteiger partial charge in [0.25, 0.3) is 5.91 Å². The molecule has 0 spiro atoms. The van der Waals surface area contributed by atoms with E-state index < -0.39 is 11.9 Å². The highest BCUT2D eigenvalue weighted by Gasteiger charge is 2.20. The number of amides is 1. The Balaban J connectivity index is 1.92. The quantitative estimate of drug-likeness (QED) is 0.435. The van der Waals surface area contributed by atoms with Crippen molar-refractivity contribution >= 4 is 39.0 Å². The Kier molecular flexibility index (Phi) is 7.33. The van der Waals surface area contributed by atoms with E-state index >= 15 is 0 Å². The minimum atomic E-state index is -0.756. The Morgan fingerprint density at radius 3 is 2.90 bits per heavy atom. The number of rotatable bonds is 9. The lowest BCUT2D eigenvalue weighted by atomic mass is 10.2. The van der Waals surface area contributed by atoms with Crippen molar-refractivity contribution in [3.05, 3.63) is 40.8 Å². The van der Waals surface area contributed by atoms with Crippen LogP contribution in [0.25, 0.3) is 10.2 Å². The van der Waals surface area contributed by atoms with E-state index in [0.717, 1.165) is 18.5 Å². The standard InChI is InChI=1S/C21H23FN6O2S/c1-12(10-23)30-16-9-14(22)5-6-15(16)28-19-17-13(2)18(31-21(17)27-11-26-19)20(29)25-8-4-7-24-3/h5-6,9,11-12,24H,4,7-8H2,1-3H3,(H,25,29)(H,26,27,28). The Morgan fingerprint density at radius 2 is 2.16 bits per heavy atom. The van der Waals surface area contributed by atoms with Gasteiger partial charge in [0.05, 0.1) is 16.0 Å². The zero-order valence-corrected chi connectivity index (χ0v) is 18.3. The monoisotopic (exact) mass is 442 g/mol. The molecule has 3 aromatic rings. The average Bonchev–Trinajstić information content (AvgIpc) is 3.10. The van der Waals surface area contributed by atoms with Gasteiger partial charge in [-0.3, -0.25) is 4.79 Å². The third-order valence-corrected chi connectivity index (χ3v) is 5.70. The molecule has 3 rings (SSSR count). The first-order chi connectivity index (χ1) is 14.9. The summed E-state index contributed by atoms with van der Waals surface area (Å²) in [7, 11) is 1.86. The van der Waals surface area contributed by atoms with Crippen LogP contribution in [0.4, 0.5) is 15.9 Å². The number of nitrogens with zero attached hydrogens (tertiary/aromatic N) is 3. The van der Waals surface area contributed by atoms with Gasteiger partial charge in [-0.05, 0) is 51.6 Å². The summed E-state index contributed by atoms with van der Waals surface area (Å²) >= 11 is 1.29. The fraction of sp³-hybridized carbons (Fsp3) is 0.333. The molecule has 1 atom stereocenters. The molecule has 10 heteroatoms. The predicted molar refractivity (Wildman–Crippen MR) is 118 cm³/mol. The van der Waals surface area contributed by atoms with Crippen LogP contribution in [-0.2, 0) is 0 Å². The topological polar surface area (TPSA) is 112 Å². The molecule has 1 unspecified atom stereocenters. The summed E-state index contributed by atoms with van der Waals surface area (Å²) in [5.74, 6) is 0.0175. The minimum absolute atomic E-state index is 0.156. The molecule has 1 aromatic carbocycles. The van der Waals surface area contributed by atoms with E-state index in [1.165, 1.54) is 35.9 Å². The van der Waals surface area contributed by atoms with Gasteiger partial charge in [0.2, 0.25) is 0 Å². The van der Waals surface area contributed by atoms with Gasteiger partial charge in [0.15, 0.2) is 6.10 Å². The largest absolute Gasteiger partial charge is 0.474 e. The third-order valence-electron chi connectivity index (χ3n) is 4.50. The maximum atomic E-state index is 13.7. The fourth-order valence-corrected chi connectivity index (χ4v) is 4.04. The molecule has 31 heavy (non-hydrogen) atoms. The van der Waals surface area contributed by atoms with Crippen molar-refractivity contribution in [3.8, 4) is 11.8 Å². The van der Waals surface area contributed by atoms with Crippen LogP contribution in [-0.4, -0.2) is 42.1 Å². The SMILES string of the molecule is CNCCCNC(=O)c1sc2ncnc(Nc3ccc(F)cc3OC(C)C#N)c2c1C. The van der Waals surface area contributed by atoms with Gasteiger partial charge in [-0.2, -0.15) is 5.26 Å². The number of aryl methyl sites for hydroxylation is 1. The first kappa shape index (κ1) is 22.4. The van der Waals surface area contributed by atoms with Crippen molar-refractivity contribution in [1.29, 1.82) is 5.26 Å². The van der Waals surface area contributed by atoms with Gasteiger partial charge in [-0.1, -0.05) is 0 Å². The molecule has 0 saturated carbocycles. The highest BCUT2D eigenvalue weighted by Crippen LogP contribution is 2.36. The Bertz CT molecular complexity index is 1130.